The van der Waals surface area contributed by atoms with Crippen molar-refractivity contribution in [1.82, 2.24) is 15.2 Å². The highest BCUT2D eigenvalue weighted by Gasteiger charge is 2.20. The van der Waals surface area contributed by atoms with Crippen LogP contribution in [0.1, 0.15) is 21.6 Å². The number of rotatable bonds is 6. The highest BCUT2D eigenvalue weighted by Crippen LogP contribution is 2.30. The van der Waals surface area contributed by atoms with Crippen molar-refractivity contribution in [2.24, 2.45) is 0 Å². The molecule has 6 nitrogen and oxygen atoms in total. The van der Waals surface area contributed by atoms with E-state index >= 15 is 0 Å². The predicted octanol–water partition coefficient (Wildman–Crippen LogP) is 3.66. The van der Waals surface area contributed by atoms with Gasteiger partial charge in [-0.25, -0.2) is 0 Å². The Morgan fingerprint density at radius 1 is 1.09 bits per heavy atom. The fourth-order valence-electron chi connectivity index (χ4n) is 3.94. The topological polar surface area (TPSA) is 78.2 Å². The number of carbonyl (C=O) groups is 1. The third kappa shape index (κ3) is 5.02. The average molecular weight is 427 g/mol. The van der Waals surface area contributed by atoms with Crippen molar-refractivity contribution >= 4 is 5.91 Å². The van der Waals surface area contributed by atoms with Crippen LogP contribution in [0.4, 0.5) is 0 Å². The number of aromatic nitrogens is 1. The Bertz CT molecular complexity index is 1130. The Hall–Kier alpha value is -3.53. The first kappa shape index (κ1) is 21.7. The summed E-state index contributed by atoms with van der Waals surface area (Å²) in [6, 6.07) is 21.4. The van der Waals surface area contributed by atoms with Crippen LogP contribution in [0.15, 0.2) is 60.7 Å². The summed E-state index contributed by atoms with van der Waals surface area (Å²) >= 11 is 0. The largest absolute Gasteiger partial charge is 0.379 e. The predicted molar refractivity (Wildman–Crippen MR) is 124 cm³/mol. The quantitative estimate of drug-likeness (QED) is 0.651. The SMILES string of the molecule is Cc1nc(-c2ccccc2)cc(-c2cccc(C#N)c2)c1C(=O)NCCN1CCOCC1. The summed E-state index contributed by atoms with van der Waals surface area (Å²) in [4.78, 5) is 20.3. The van der Waals surface area contributed by atoms with Gasteiger partial charge in [0.15, 0.2) is 0 Å². The molecule has 162 valence electrons. The number of amides is 1. The summed E-state index contributed by atoms with van der Waals surface area (Å²) in [6.07, 6.45) is 0. The number of hydrogen-bond donors (Lipinski definition) is 1. The molecule has 1 amide bonds. The molecule has 6 heteroatoms. The van der Waals surface area contributed by atoms with Gasteiger partial charge in [-0.2, -0.15) is 5.26 Å². The molecule has 3 aromatic rings. The molecule has 4 rings (SSSR count). The number of morpholine rings is 1. The molecule has 2 aromatic carbocycles. The number of ether oxygens (including phenoxy) is 1. The molecule has 1 aromatic heterocycles. The third-order valence-electron chi connectivity index (χ3n) is 5.62. The minimum Gasteiger partial charge on any atom is -0.379 e. The van der Waals surface area contributed by atoms with Crippen molar-refractivity contribution < 1.29 is 9.53 Å². The van der Waals surface area contributed by atoms with Crippen molar-refractivity contribution in [3.63, 3.8) is 0 Å². The van der Waals surface area contributed by atoms with Gasteiger partial charge in [0.2, 0.25) is 0 Å². The first-order valence-corrected chi connectivity index (χ1v) is 10.8. The van der Waals surface area contributed by atoms with Crippen LogP contribution in [0.25, 0.3) is 22.4 Å². The molecular weight excluding hydrogens is 400 g/mol. The van der Waals surface area contributed by atoms with Crippen LogP contribution >= 0.6 is 0 Å². The van der Waals surface area contributed by atoms with Crippen LogP contribution in [-0.4, -0.2) is 55.2 Å². The van der Waals surface area contributed by atoms with E-state index in [1.807, 2.05) is 61.5 Å². The maximum atomic E-state index is 13.2. The Kier molecular flexibility index (Phi) is 6.90. The molecule has 0 radical (unpaired) electrons. The summed E-state index contributed by atoms with van der Waals surface area (Å²) in [6.45, 7) is 6.43. The van der Waals surface area contributed by atoms with Gasteiger partial charge in [-0.1, -0.05) is 42.5 Å². The highest BCUT2D eigenvalue weighted by molar-refractivity contribution is 6.02. The fraction of sp³-hybridized carbons (Fsp3) is 0.269. The molecule has 0 saturated carbocycles. The maximum absolute atomic E-state index is 13.2. The van der Waals surface area contributed by atoms with Crippen molar-refractivity contribution in [2.45, 2.75) is 6.92 Å². The lowest BCUT2D eigenvalue weighted by atomic mass is 9.95. The smallest absolute Gasteiger partial charge is 0.253 e. The highest BCUT2D eigenvalue weighted by atomic mass is 16.5. The number of nitrogens with one attached hydrogen (secondary N) is 1. The lowest BCUT2D eigenvalue weighted by Crippen LogP contribution is -2.41. The van der Waals surface area contributed by atoms with Gasteiger partial charge in [0.25, 0.3) is 5.91 Å². The van der Waals surface area contributed by atoms with Gasteiger partial charge < -0.3 is 10.1 Å². The van der Waals surface area contributed by atoms with Crippen molar-refractivity contribution in [3.8, 4) is 28.5 Å². The minimum atomic E-state index is -0.153. The first-order valence-electron chi connectivity index (χ1n) is 10.8. The Morgan fingerprint density at radius 2 is 1.84 bits per heavy atom. The number of nitrogens with zero attached hydrogens (tertiary/aromatic N) is 3. The number of benzene rings is 2. The molecule has 1 aliphatic heterocycles. The van der Waals surface area contributed by atoms with Crippen LogP contribution in [0.5, 0.6) is 0 Å². The molecule has 1 saturated heterocycles. The maximum Gasteiger partial charge on any atom is 0.253 e. The van der Waals surface area contributed by atoms with Gasteiger partial charge in [-0.15, -0.1) is 0 Å². The zero-order chi connectivity index (χ0) is 22.3. The molecule has 1 aliphatic rings. The second-order valence-corrected chi connectivity index (χ2v) is 7.78. The van der Waals surface area contributed by atoms with Gasteiger partial charge in [-0.05, 0) is 36.2 Å². The lowest BCUT2D eigenvalue weighted by molar-refractivity contribution is 0.0383. The molecule has 0 aliphatic carbocycles. The van der Waals surface area contributed by atoms with E-state index in [1.165, 1.54) is 0 Å². The third-order valence-corrected chi connectivity index (χ3v) is 5.62. The molecular formula is C26H26N4O2. The summed E-state index contributed by atoms with van der Waals surface area (Å²) < 4.78 is 5.38. The van der Waals surface area contributed by atoms with E-state index < -0.39 is 0 Å². The number of nitriles is 1. The molecule has 1 N–H and O–H groups in total. The van der Waals surface area contributed by atoms with Crippen LogP contribution < -0.4 is 5.32 Å². The zero-order valence-electron chi connectivity index (χ0n) is 18.2. The number of pyridine rings is 1. The normalized spacial score (nSPS) is 14.0. The van der Waals surface area contributed by atoms with Crippen LogP contribution in [-0.2, 0) is 4.74 Å². The molecule has 0 unspecified atom stereocenters. The van der Waals surface area contributed by atoms with Crippen LogP contribution in [0.2, 0.25) is 0 Å². The molecule has 1 fully saturated rings. The summed E-state index contributed by atoms with van der Waals surface area (Å²) in [5, 5.41) is 12.4. The molecule has 0 bridgehead atoms. The Morgan fingerprint density at radius 3 is 2.59 bits per heavy atom. The number of hydrogen-bond acceptors (Lipinski definition) is 5. The van der Waals surface area contributed by atoms with Crippen molar-refractivity contribution in [1.29, 1.82) is 5.26 Å². The van der Waals surface area contributed by atoms with E-state index in [9.17, 15) is 10.1 Å². The average Bonchev–Trinajstić information content (AvgIpc) is 2.84. The number of aryl methyl sites for hydroxylation is 1. The lowest BCUT2D eigenvalue weighted by Gasteiger charge is -2.26. The zero-order valence-corrected chi connectivity index (χ0v) is 18.2. The van der Waals surface area contributed by atoms with Gasteiger partial charge in [-0.3, -0.25) is 14.7 Å². The molecule has 32 heavy (non-hydrogen) atoms. The van der Waals surface area contributed by atoms with E-state index in [4.69, 9.17) is 9.72 Å². The van der Waals surface area contributed by atoms with Gasteiger partial charge in [0.05, 0.1) is 41.8 Å². The minimum absolute atomic E-state index is 0.153. The van der Waals surface area contributed by atoms with E-state index in [-0.39, 0.29) is 5.91 Å². The number of carbonyl (C=O) groups excluding carboxylic acids is 1. The van der Waals surface area contributed by atoms with Gasteiger partial charge in [0, 0.05) is 31.7 Å². The summed E-state index contributed by atoms with van der Waals surface area (Å²) in [7, 11) is 0. The van der Waals surface area contributed by atoms with E-state index in [0.717, 1.165) is 55.2 Å². The van der Waals surface area contributed by atoms with Crippen LogP contribution in [0, 0.1) is 18.3 Å². The van der Waals surface area contributed by atoms with E-state index in [0.29, 0.717) is 23.4 Å². The standard InChI is InChI=1S/C26H26N4O2/c1-19-25(26(31)28-10-11-30-12-14-32-15-13-30)23(22-9-5-6-20(16-22)18-27)17-24(29-19)21-7-3-2-4-8-21/h2-9,16-17H,10-15H2,1H3,(H,28,31). The Balaban J connectivity index is 1.67. The van der Waals surface area contributed by atoms with Crippen molar-refractivity contribution in [3.05, 3.63) is 77.5 Å². The van der Waals surface area contributed by atoms with Crippen LogP contribution in [0.3, 0.4) is 0 Å². The summed E-state index contributed by atoms with van der Waals surface area (Å²) in [5.74, 6) is -0.153. The molecule has 2 heterocycles. The fourth-order valence-corrected chi connectivity index (χ4v) is 3.94. The van der Waals surface area contributed by atoms with Gasteiger partial charge in [0.1, 0.15) is 0 Å². The molecule has 0 atom stereocenters. The first-order chi connectivity index (χ1) is 15.7. The van der Waals surface area contributed by atoms with E-state index in [1.54, 1.807) is 6.07 Å². The van der Waals surface area contributed by atoms with Gasteiger partial charge >= 0.3 is 0 Å². The summed E-state index contributed by atoms with van der Waals surface area (Å²) in [5.41, 5.74) is 5.13. The monoisotopic (exact) mass is 426 g/mol. The second kappa shape index (κ2) is 10.2. The Labute approximate surface area is 188 Å². The van der Waals surface area contributed by atoms with E-state index in [2.05, 4.69) is 16.3 Å². The molecule has 0 spiro atoms. The second-order valence-electron chi connectivity index (χ2n) is 7.78. The van der Waals surface area contributed by atoms with Crippen molar-refractivity contribution in [2.75, 3.05) is 39.4 Å².